The third-order valence-corrected chi connectivity index (χ3v) is 5.05. The lowest BCUT2D eigenvalue weighted by molar-refractivity contribution is 0.0902. The molecule has 2 heterocycles. The fourth-order valence-corrected chi connectivity index (χ4v) is 3.34. The van der Waals surface area contributed by atoms with Gasteiger partial charge in [-0.1, -0.05) is 23.4 Å². The predicted octanol–water partition coefficient (Wildman–Crippen LogP) is 3.81. The van der Waals surface area contributed by atoms with Gasteiger partial charge in [-0.3, -0.25) is 0 Å². The standard InChI is InChI=1S/C23H26N2O5/c1-15-19(16(2)30-25-15)14-28-21-9-8-17(10-23(21)26-3)11-24-12-18-13-27-20-6-4-5-7-22(20)29-18/h4-10,18,24H,11-14H2,1-3H3. The normalized spacial score (nSPS) is 15.1. The van der Waals surface area contributed by atoms with E-state index in [-0.39, 0.29) is 6.10 Å². The first-order chi connectivity index (χ1) is 14.6. The second kappa shape index (κ2) is 9.09. The van der Waals surface area contributed by atoms with Crippen LogP contribution in [0.25, 0.3) is 0 Å². The molecule has 0 saturated heterocycles. The molecule has 158 valence electrons. The number of aromatic nitrogens is 1. The summed E-state index contributed by atoms with van der Waals surface area (Å²) in [5, 5.41) is 7.38. The minimum Gasteiger partial charge on any atom is -0.493 e. The Morgan fingerprint density at radius 2 is 1.93 bits per heavy atom. The number of ether oxygens (including phenoxy) is 4. The molecule has 1 aliphatic rings. The molecule has 0 fully saturated rings. The van der Waals surface area contributed by atoms with Gasteiger partial charge in [0.05, 0.1) is 18.4 Å². The molecule has 7 nitrogen and oxygen atoms in total. The van der Waals surface area contributed by atoms with Gasteiger partial charge < -0.3 is 28.8 Å². The van der Waals surface area contributed by atoms with E-state index < -0.39 is 0 Å². The summed E-state index contributed by atoms with van der Waals surface area (Å²) in [6.45, 7) is 6.06. The minimum absolute atomic E-state index is 0.0283. The fourth-order valence-electron chi connectivity index (χ4n) is 3.34. The second-order valence-corrected chi connectivity index (χ2v) is 7.21. The Balaban J connectivity index is 1.31. The highest BCUT2D eigenvalue weighted by molar-refractivity contribution is 5.43. The van der Waals surface area contributed by atoms with Crippen molar-refractivity contribution >= 4 is 0 Å². The van der Waals surface area contributed by atoms with E-state index in [0.717, 1.165) is 34.1 Å². The number of fused-ring (bicyclic) bond motifs is 1. The van der Waals surface area contributed by atoms with E-state index in [1.54, 1.807) is 7.11 Å². The highest BCUT2D eigenvalue weighted by atomic mass is 16.6. The lowest BCUT2D eigenvalue weighted by atomic mass is 10.2. The summed E-state index contributed by atoms with van der Waals surface area (Å²) in [7, 11) is 1.64. The van der Waals surface area contributed by atoms with Crippen LogP contribution in [-0.2, 0) is 13.2 Å². The first-order valence-corrected chi connectivity index (χ1v) is 9.94. The average molecular weight is 410 g/mol. The Labute approximate surface area is 175 Å². The molecule has 1 N–H and O–H groups in total. The second-order valence-electron chi connectivity index (χ2n) is 7.21. The molecule has 0 aliphatic carbocycles. The van der Waals surface area contributed by atoms with Crippen molar-refractivity contribution in [3.63, 3.8) is 0 Å². The van der Waals surface area contributed by atoms with Gasteiger partial charge in [-0.2, -0.15) is 0 Å². The molecule has 1 aliphatic heterocycles. The van der Waals surface area contributed by atoms with Gasteiger partial charge in [0.2, 0.25) is 0 Å². The summed E-state index contributed by atoms with van der Waals surface area (Å²) in [4.78, 5) is 0. The first kappa shape index (κ1) is 20.1. The molecule has 30 heavy (non-hydrogen) atoms. The van der Waals surface area contributed by atoms with Crippen LogP contribution in [0, 0.1) is 13.8 Å². The van der Waals surface area contributed by atoms with Gasteiger partial charge in [0.1, 0.15) is 25.1 Å². The average Bonchev–Trinajstić information content (AvgIpc) is 3.09. The maximum atomic E-state index is 5.98. The summed E-state index contributed by atoms with van der Waals surface area (Å²) >= 11 is 0. The van der Waals surface area contributed by atoms with Crippen LogP contribution in [0.5, 0.6) is 23.0 Å². The van der Waals surface area contributed by atoms with Crippen LogP contribution in [0.15, 0.2) is 47.0 Å². The number of aryl methyl sites for hydroxylation is 2. The van der Waals surface area contributed by atoms with Gasteiger partial charge in [-0.25, -0.2) is 0 Å². The summed E-state index contributed by atoms with van der Waals surface area (Å²) in [5.74, 6) is 3.72. The number of methoxy groups -OCH3 is 1. The molecule has 0 saturated carbocycles. The SMILES string of the molecule is COc1cc(CNCC2COc3ccccc3O2)ccc1OCc1c(C)noc1C. The van der Waals surface area contributed by atoms with Crippen LogP contribution in [0.1, 0.15) is 22.6 Å². The van der Waals surface area contributed by atoms with Crippen molar-refractivity contribution in [2.24, 2.45) is 0 Å². The van der Waals surface area contributed by atoms with Gasteiger partial charge in [0, 0.05) is 13.1 Å². The third-order valence-electron chi connectivity index (χ3n) is 5.05. The van der Waals surface area contributed by atoms with Crippen LogP contribution in [0.2, 0.25) is 0 Å². The van der Waals surface area contributed by atoms with Crippen LogP contribution < -0.4 is 24.3 Å². The van der Waals surface area contributed by atoms with Crippen molar-refractivity contribution in [2.75, 3.05) is 20.3 Å². The fraction of sp³-hybridized carbons (Fsp3) is 0.348. The molecule has 0 spiro atoms. The molecule has 4 rings (SSSR count). The molecule has 0 radical (unpaired) electrons. The Morgan fingerprint density at radius 3 is 2.70 bits per heavy atom. The van der Waals surface area contributed by atoms with Gasteiger partial charge in [0.15, 0.2) is 23.0 Å². The Kier molecular flexibility index (Phi) is 6.09. The van der Waals surface area contributed by atoms with Crippen LogP contribution >= 0.6 is 0 Å². The quantitative estimate of drug-likeness (QED) is 0.605. The molecule has 0 bridgehead atoms. The van der Waals surface area contributed by atoms with Crippen molar-refractivity contribution in [2.45, 2.75) is 33.1 Å². The lowest BCUT2D eigenvalue weighted by Gasteiger charge is -2.26. The lowest BCUT2D eigenvalue weighted by Crippen LogP contribution is -2.38. The van der Waals surface area contributed by atoms with E-state index >= 15 is 0 Å². The zero-order chi connectivity index (χ0) is 20.9. The third kappa shape index (κ3) is 4.52. The van der Waals surface area contributed by atoms with Gasteiger partial charge >= 0.3 is 0 Å². The van der Waals surface area contributed by atoms with E-state index in [2.05, 4.69) is 10.5 Å². The van der Waals surface area contributed by atoms with Crippen molar-refractivity contribution < 1.29 is 23.5 Å². The summed E-state index contributed by atoms with van der Waals surface area (Å²) < 4.78 is 28.4. The molecule has 7 heteroatoms. The minimum atomic E-state index is -0.0283. The number of hydrogen-bond donors (Lipinski definition) is 1. The van der Waals surface area contributed by atoms with Crippen LogP contribution in [-0.4, -0.2) is 31.5 Å². The van der Waals surface area contributed by atoms with E-state index in [1.165, 1.54) is 0 Å². The summed E-state index contributed by atoms with van der Waals surface area (Å²) in [5.41, 5.74) is 2.89. The number of benzene rings is 2. The Morgan fingerprint density at radius 1 is 1.10 bits per heavy atom. The van der Waals surface area contributed by atoms with E-state index in [4.69, 9.17) is 23.5 Å². The van der Waals surface area contributed by atoms with Crippen molar-refractivity contribution in [1.29, 1.82) is 0 Å². The van der Waals surface area contributed by atoms with E-state index in [1.807, 2.05) is 56.3 Å². The van der Waals surface area contributed by atoms with Gasteiger partial charge in [-0.05, 0) is 43.7 Å². The largest absolute Gasteiger partial charge is 0.493 e. The van der Waals surface area contributed by atoms with Gasteiger partial charge in [-0.15, -0.1) is 0 Å². The molecule has 3 aromatic rings. The number of hydrogen-bond acceptors (Lipinski definition) is 7. The number of para-hydroxylation sites is 2. The number of rotatable bonds is 8. The smallest absolute Gasteiger partial charge is 0.161 e. The maximum Gasteiger partial charge on any atom is 0.161 e. The Hall–Kier alpha value is -3.19. The highest BCUT2D eigenvalue weighted by Gasteiger charge is 2.20. The molecular weight excluding hydrogens is 384 g/mol. The zero-order valence-corrected chi connectivity index (χ0v) is 17.4. The highest BCUT2D eigenvalue weighted by Crippen LogP contribution is 2.31. The molecular formula is C23H26N2O5. The van der Waals surface area contributed by atoms with E-state index in [0.29, 0.717) is 37.8 Å². The summed E-state index contributed by atoms with van der Waals surface area (Å²) in [6.07, 6.45) is -0.0283. The Bertz CT molecular complexity index is 982. The molecule has 0 amide bonds. The molecule has 1 unspecified atom stereocenters. The first-order valence-electron chi connectivity index (χ1n) is 9.94. The van der Waals surface area contributed by atoms with Crippen molar-refractivity contribution in [3.05, 3.63) is 65.0 Å². The monoisotopic (exact) mass is 410 g/mol. The van der Waals surface area contributed by atoms with Gasteiger partial charge in [0.25, 0.3) is 0 Å². The molecule has 2 aromatic carbocycles. The van der Waals surface area contributed by atoms with Crippen molar-refractivity contribution in [3.8, 4) is 23.0 Å². The summed E-state index contributed by atoms with van der Waals surface area (Å²) in [6, 6.07) is 13.6. The van der Waals surface area contributed by atoms with Crippen molar-refractivity contribution in [1.82, 2.24) is 10.5 Å². The predicted molar refractivity (Wildman–Crippen MR) is 111 cm³/mol. The molecule has 1 aromatic heterocycles. The number of nitrogens with one attached hydrogen (secondary N) is 1. The number of nitrogens with zero attached hydrogens (tertiary/aromatic N) is 1. The van der Waals surface area contributed by atoms with Crippen LogP contribution in [0.4, 0.5) is 0 Å². The molecule has 1 atom stereocenters. The van der Waals surface area contributed by atoms with Crippen LogP contribution in [0.3, 0.4) is 0 Å². The zero-order valence-electron chi connectivity index (χ0n) is 17.4. The maximum absolute atomic E-state index is 5.98. The topological polar surface area (TPSA) is 75.0 Å². The van der Waals surface area contributed by atoms with E-state index in [9.17, 15) is 0 Å².